The molecule has 0 fully saturated rings. The van der Waals surface area contributed by atoms with Gasteiger partial charge in [-0.15, -0.1) is 5.10 Å². The Kier molecular flexibility index (Phi) is 5.74. The molecule has 0 saturated carbocycles. The molecule has 0 unspecified atom stereocenters. The number of methoxy groups -OCH3 is 1. The second-order valence-electron chi connectivity index (χ2n) is 6.36. The first kappa shape index (κ1) is 21.0. The number of anilines is 1. The van der Waals surface area contributed by atoms with Crippen LogP contribution in [-0.2, 0) is 10.0 Å². The highest BCUT2D eigenvalue weighted by Crippen LogP contribution is 2.24. The minimum absolute atomic E-state index is 0.0519. The maximum Gasteiger partial charge on any atom is 0.261 e. The molecule has 0 bridgehead atoms. The quantitative estimate of drug-likeness (QED) is 0.427. The van der Waals surface area contributed by atoms with Crippen LogP contribution in [0.2, 0.25) is 10.0 Å². The molecule has 2 N–H and O–H groups in total. The number of hydrogen-bond acceptors (Lipinski definition) is 5. The van der Waals surface area contributed by atoms with Gasteiger partial charge in [0.25, 0.3) is 10.0 Å². The minimum atomic E-state index is -3.82. The number of aromatic nitrogens is 3. The maximum absolute atomic E-state index is 12.6. The lowest BCUT2D eigenvalue weighted by Crippen LogP contribution is -2.13. The molecule has 0 aliphatic heterocycles. The van der Waals surface area contributed by atoms with Gasteiger partial charge in [0, 0.05) is 22.3 Å². The average molecular weight is 473 g/mol. The molecular formula is C21H14Cl2N4O3S. The zero-order chi connectivity index (χ0) is 22.0. The molecule has 10 heteroatoms. The Morgan fingerprint density at radius 1 is 1.10 bits per heavy atom. The van der Waals surface area contributed by atoms with Crippen LogP contribution >= 0.6 is 23.2 Å². The van der Waals surface area contributed by atoms with Crippen LogP contribution in [0, 0.1) is 11.8 Å². The molecular weight excluding hydrogens is 459 g/mol. The number of benzene rings is 2. The van der Waals surface area contributed by atoms with Crippen LogP contribution in [0.3, 0.4) is 0 Å². The van der Waals surface area contributed by atoms with Crippen LogP contribution in [0.5, 0.6) is 5.88 Å². The first-order valence-corrected chi connectivity index (χ1v) is 11.1. The lowest BCUT2D eigenvalue weighted by Gasteiger charge is -2.09. The predicted octanol–water partition coefficient (Wildman–Crippen LogP) is 4.47. The lowest BCUT2D eigenvalue weighted by molar-refractivity contribution is 0.401. The van der Waals surface area contributed by atoms with E-state index in [-0.39, 0.29) is 4.90 Å². The monoisotopic (exact) mass is 472 g/mol. The van der Waals surface area contributed by atoms with Crippen LogP contribution in [0.25, 0.3) is 11.0 Å². The highest BCUT2D eigenvalue weighted by molar-refractivity contribution is 7.92. The first-order chi connectivity index (χ1) is 14.9. The normalized spacial score (nSPS) is 11.1. The molecule has 4 rings (SSSR count). The van der Waals surface area contributed by atoms with E-state index in [2.05, 4.69) is 31.7 Å². The van der Waals surface area contributed by atoms with Gasteiger partial charge in [-0.1, -0.05) is 41.1 Å². The molecule has 2 heterocycles. The van der Waals surface area contributed by atoms with Crippen molar-refractivity contribution in [3.05, 3.63) is 75.9 Å². The predicted molar refractivity (Wildman–Crippen MR) is 120 cm³/mol. The van der Waals surface area contributed by atoms with Crippen LogP contribution < -0.4 is 9.46 Å². The van der Waals surface area contributed by atoms with Crippen molar-refractivity contribution in [2.75, 3.05) is 11.8 Å². The number of ether oxygens (including phenoxy) is 1. The fourth-order valence-electron chi connectivity index (χ4n) is 2.78. The van der Waals surface area contributed by atoms with Crippen molar-refractivity contribution in [2.45, 2.75) is 4.90 Å². The smallest absolute Gasteiger partial charge is 0.261 e. The molecule has 156 valence electrons. The summed E-state index contributed by atoms with van der Waals surface area (Å²) in [4.78, 5) is 4.31. The van der Waals surface area contributed by atoms with Crippen LogP contribution in [0.1, 0.15) is 11.1 Å². The van der Waals surface area contributed by atoms with Gasteiger partial charge in [0.05, 0.1) is 28.1 Å². The highest BCUT2D eigenvalue weighted by Gasteiger charge is 2.15. The Balaban J connectivity index is 1.64. The first-order valence-electron chi connectivity index (χ1n) is 8.84. The fourth-order valence-corrected chi connectivity index (χ4v) is 4.29. The Morgan fingerprint density at radius 2 is 1.94 bits per heavy atom. The van der Waals surface area contributed by atoms with Gasteiger partial charge in [0.1, 0.15) is 0 Å². The van der Waals surface area contributed by atoms with E-state index in [9.17, 15) is 8.42 Å². The van der Waals surface area contributed by atoms with Gasteiger partial charge in [-0.25, -0.2) is 13.4 Å². The molecule has 0 aliphatic rings. The summed E-state index contributed by atoms with van der Waals surface area (Å²) in [6.45, 7) is 0. The highest BCUT2D eigenvalue weighted by atomic mass is 35.5. The van der Waals surface area contributed by atoms with E-state index in [4.69, 9.17) is 27.9 Å². The summed E-state index contributed by atoms with van der Waals surface area (Å²) in [6.07, 6.45) is 1.59. The summed E-state index contributed by atoms with van der Waals surface area (Å²) in [5, 5.41) is 8.18. The van der Waals surface area contributed by atoms with Gasteiger partial charge in [-0.2, -0.15) is 0 Å². The third-order valence-electron chi connectivity index (χ3n) is 4.24. The molecule has 2 aromatic heterocycles. The number of H-pyrrole nitrogens is 1. The average Bonchev–Trinajstić information content (AvgIpc) is 3.16. The van der Waals surface area contributed by atoms with E-state index >= 15 is 0 Å². The van der Waals surface area contributed by atoms with Crippen molar-refractivity contribution in [1.82, 2.24) is 15.2 Å². The summed E-state index contributed by atoms with van der Waals surface area (Å²) in [7, 11) is -2.30. The van der Waals surface area contributed by atoms with Gasteiger partial charge < -0.3 is 4.74 Å². The van der Waals surface area contributed by atoms with E-state index in [1.54, 1.807) is 42.6 Å². The molecule has 0 atom stereocenters. The molecule has 4 aromatic rings. The topological polar surface area (TPSA) is 97.0 Å². The van der Waals surface area contributed by atoms with Crippen molar-refractivity contribution in [1.29, 1.82) is 0 Å². The molecule has 0 saturated heterocycles. The van der Waals surface area contributed by atoms with Gasteiger partial charge in [-0.05, 0) is 42.5 Å². The number of pyridine rings is 1. The van der Waals surface area contributed by atoms with Gasteiger partial charge in [0.2, 0.25) is 5.88 Å². The number of fused-ring (bicyclic) bond motifs is 1. The summed E-state index contributed by atoms with van der Waals surface area (Å²) >= 11 is 12.1. The number of nitrogens with zero attached hydrogens (tertiary/aromatic N) is 2. The summed E-state index contributed by atoms with van der Waals surface area (Å²) in [6, 6.07) is 12.5. The number of halogens is 2. The van der Waals surface area contributed by atoms with Crippen LogP contribution in [-0.4, -0.2) is 30.7 Å². The van der Waals surface area contributed by atoms with Crippen molar-refractivity contribution in [3.63, 3.8) is 0 Å². The third kappa shape index (κ3) is 4.59. The molecule has 0 amide bonds. The largest absolute Gasteiger partial charge is 0.479 e. The van der Waals surface area contributed by atoms with E-state index < -0.39 is 10.0 Å². The van der Waals surface area contributed by atoms with E-state index in [0.29, 0.717) is 43.8 Å². The fraction of sp³-hybridized carbons (Fsp3) is 0.0476. The second kappa shape index (κ2) is 8.47. The van der Waals surface area contributed by atoms with Crippen LogP contribution in [0.15, 0.2) is 59.6 Å². The molecule has 7 nitrogen and oxygen atoms in total. The number of sulfonamides is 1. The van der Waals surface area contributed by atoms with Crippen molar-refractivity contribution in [2.24, 2.45) is 0 Å². The summed E-state index contributed by atoms with van der Waals surface area (Å²) < 4.78 is 32.9. The zero-order valence-corrected chi connectivity index (χ0v) is 18.3. The second-order valence-corrected chi connectivity index (χ2v) is 8.89. The van der Waals surface area contributed by atoms with Crippen molar-refractivity contribution >= 4 is 49.9 Å². The summed E-state index contributed by atoms with van der Waals surface area (Å²) in [5.74, 6) is 6.34. The lowest BCUT2D eigenvalue weighted by atomic mass is 10.2. The van der Waals surface area contributed by atoms with Gasteiger partial charge in [-0.3, -0.25) is 9.82 Å². The standard InChI is InChI=1S/C21H14Cl2N4O3S/c1-30-21-18-9-13(12-24-20(18)25-26-21)5-6-14-10-16(7-8-19(14)23)27-31(28,29)17-4-2-3-15(22)11-17/h2-4,7-12,27H,1H3,(H,24,25,26). The molecule has 0 spiro atoms. The zero-order valence-electron chi connectivity index (χ0n) is 16.0. The van der Waals surface area contributed by atoms with E-state index in [1.807, 2.05) is 0 Å². The van der Waals surface area contributed by atoms with Crippen molar-refractivity contribution < 1.29 is 13.2 Å². The summed E-state index contributed by atoms with van der Waals surface area (Å²) in [5.41, 5.74) is 1.97. The minimum Gasteiger partial charge on any atom is -0.479 e. The number of nitrogens with one attached hydrogen (secondary N) is 2. The number of rotatable bonds is 4. The maximum atomic E-state index is 12.6. The Labute approximate surface area is 188 Å². The Morgan fingerprint density at radius 3 is 2.71 bits per heavy atom. The third-order valence-corrected chi connectivity index (χ3v) is 6.18. The van der Waals surface area contributed by atoms with Crippen molar-refractivity contribution in [3.8, 4) is 17.7 Å². The molecule has 2 aromatic carbocycles. The van der Waals surface area contributed by atoms with Crippen LogP contribution in [0.4, 0.5) is 5.69 Å². The number of hydrogen-bond donors (Lipinski definition) is 2. The Bertz CT molecular complexity index is 1460. The van der Waals surface area contributed by atoms with Gasteiger partial charge >= 0.3 is 0 Å². The SMILES string of the molecule is COc1n[nH]c2ncc(C#Cc3cc(NS(=O)(=O)c4cccc(Cl)c4)ccc3Cl)cc12. The van der Waals surface area contributed by atoms with Gasteiger partial charge in [0.15, 0.2) is 5.65 Å². The number of aromatic amines is 1. The molecule has 0 aliphatic carbocycles. The molecule has 31 heavy (non-hydrogen) atoms. The Hall–Kier alpha value is -3.25. The molecule has 0 radical (unpaired) electrons. The van der Waals surface area contributed by atoms with E-state index in [1.165, 1.54) is 19.2 Å². The van der Waals surface area contributed by atoms with E-state index in [0.717, 1.165) is 0 Å².